The molecule has 36 heavy (non-hydrogen) atoms. The highest BCUT2D eigenvalue weighted by Crippen LogP contribution is 2.45. The van der Waals surface area contributed by atoms with Crippen LogP contribution in [0.2, 0.25) is 0 Å². The van der Waals surface area contributed by atoms with E-state index in [0.29, 0.717) is 53.8 Å². The highest BCUT2D eigenvalue weighted by molar-refractivity contribution is 6.46. The van der Waals surface area contributed by atoms with Crippen LogP contribution < -0.4 is 18.9 Å². The molecule has 1 amide bonds. The number of likely N-dealkylation sites (tertiary alicyclic amines) is 1. The van der Waals surface area contributed by atoms with Crippen molar-refractivity contribution in [3.8, 4) is 23.0 Å². The molecule has 0 saturated carbocycles. The maximum Gasteiger partial charge on any atom is 0.295 e. The van der Waals surface area contributed by atoms with Crippen LogP contribution >= 0.6 is 0 Å². The molecule has 3 rings (SSSR count). The molecule has 2 aromatic carbocycles. The molecular formula is C27H31NO8. The standard InChI is InChI=1S/C27H31NO8/c1-6-13-36-19-10-8-17(9-11-19)24(29)22-23(28(12-7-14-32-2)27(31)25(22)30)18-15-20(33-3)26(35-5)21(16-18)34-4/h6,8-11,15-16,23,29H,1,7,12-14H2,2-5H3/b24-22+/t23-/m0/s1. The third kappa shape index (κ3) is 5.31. The van der Waals surface area contributed by atoms with Crippen LogP contribution in [-0.2, 0) is 14.3 Å². The Morgan fingerprint density at radius 1 is 1.03 bits per heavy atom. The summed E-state index contributed by atoms with van der Waals surface area (Å²) < 4.78 is 27.0. The molecule has 0 unspecified atom stereocenters. The minimum atomic E-state index is -0.882. The number of rotatable bonds is 12. The molecule has 1 atom stereocenters. The molecule has 1 heterocycles. The molecule has 192 valence electrons. The minimum absolute atomic E-state index is 0.0357. The van der Waals surface area contributed by atoms with Gasteiger partial charge in [0.25, 0.3) is 11.7 Å². The Kier molecular flexibility index (Phi) is 8.97. The normalized spacial score (nSPS) is 16.7. The minimum Gasteiger partial charge on any atom is -0.507 e. The zero-order chi connectivity index (χ0) is 26.2. The van der Waals surface area contributed by atoms with E-state index in [1.165, 1.54) is 26.2 Å². The van der Waals surface area contributed by atoms with E-state index in [1.54, 1.807) is 49.6 Å². The summed E-state index contributed by atoms with van der Waals surface area (Å²) >= 11 is 0. The van der Waals surface area contributed by atoms with Crippen molar-refractivity contribution in [2.45, 2.75) is 12.5 Å². The van der Waals surface area contributed by atoms with Gasteiger partial charge in [-0.15, -0.1) is 0 Å². The fraction of sp³-hybridized carbons (Fsp3) is 0.333. The Hall–Kier alpha value is -3.98. The van der Waals surface area contributed by atoms with Crippen LogP contribution in [0.25, 0.3) is 5.76 Å². The first-order valence-corrected chi connectivity index (χ1v) is 11.3. The molecule has 1 aliphatic rings. The first-order chi connectivity index (χ1) is 17.4. The van der Waals surface area contributed by atoms with Gasteiger partial charge in [0.2, 0.25) is 5.75 Å². The van der Waals surface area contributed by atoms with Crippen molar-refractivity contribution in [2.75, 3.05) is 48.2 Å². The number of amides is 1. The van der Waals surface area contributed by atoms with Crippen LogP contribution in [0, 0.1) is 0 Å². The van der Waals surface area contributed by atoms with E-state index in [-0.39, 0.29) is 17.9 Å². The summed E-state index contributed by atoms with van der Waals surface area (Å²) in [5, 5.41) is 11.3. The molecule has 1 fully saturated rings. The van der Waals surface area contributed by atoms with Gasteiger partial charge in [-0.2, -0.15) is 0 Å². The van der Waals surface area contributed by atoms with Gasteiger partial charge in [-0.05, 0) is 48.4 Å². The Balaban J connectivity index is 2.16. The number of carbonyl (C=O) groups excluding carboxylic acids is 2. The van der Waals surface area contributed by atoms with Crippen LogP contribution in [-0.4, -0.2) is 69.9 Å². The lowest BCUT2D eigenvalue weighted by Gasteiger charge is -2.26. The highest BCUT2D eigenvalue weighted by atomic mass is 16.5. The van der Waals surface area contributed by atoms with Crippen molar-refractivity contribution in [1.82, 2.24) is 4.90 Å². The van der Waals surface area contributed by atoms with E-state index in [4.69, 9.17) is 23.7 Å². The van der Waals surface area contributed by atoms with E-state index in [9.17, 15) is 14.7 Å². The molecule has 9 heteroatoms. The summed E-state index contributed by atoms with van der Waals surface area (Å²) in [5.41, 5.74) is 0.855. The second-order valence-corrected chi connectivity index (χ2v) is 7.92. The lowest BCUT2D eigenvalue weighted by Crippen LogP contribution is -2.31. The summed E-state index contributed by atoms with van der Waals surface area (Å²) in [5.74, 6) is -0.122. The SMILES string of the molecule is C=CCOc1ccc(/C(O)=C2\C(=O)C(=O)N(CCCOC)[C@H]2c2cc(OC)c(OC)c(OC)c2)cc1. The van der Waals surface area contributed by atoms with Crippen molar-refractivity contribution < 1.29 is 38.4 Å². The number of nitrogens with zero attached hydrogens (tertiary/aromatic N) is 1. The molecule has 0 aromatic heterocycles. The molecule has 1 saturated heterocycles. The molecule has 9 nitrogen and oxygen atoms in total. The molecule has 1 aliphatic heterocycles. The number of hydrogen-bond acceptors (Lipinski definition) is 8. The number of ketones is 1. The predicted molar refractivity (Wildman–Crippen MR) is 134 cm³/mol. The van der Waals surface area contributed by atoms with Crippen molar-refractivity contribution in [1.29, 1.82) is 0 Å². The maximum atomic E-state index is 13.2. The second-order valence-electron chi connectivity index (χ2n) is 7.92. The summed E-state index contributed by atoms with van der Waals surface area (Å²) in [7, 11) is 6.01. The Labute approximate surface area is 210 Å². The van der Waals surface area contributed by atoms with Gasteiger partial charge >= 0.3 is 0 Å². The predicted octanol–water partition coefficient (Wildman–Crippen LogP) is 3.74. The zero-order valence-electron chi connectivity index (χ0n) is 20.9. The van der Waals surface area contributed by atoms with Crippen LogP contribution in [0.3, 0.4) is 0 Å². The van der Waals surface area contributed by atoms with E-state index in [0.717, 1.165) is 0 Å². The molecule has 0 spiro atoms. The maximum absolute atomic E-state index is 13.2. The largest absolute Gasteiger partial charge is 0.507 e. The van der Waals surface area contributed by atoms with Gasteiger partial charge in [0.1, 0.15) is 18.1 Å². The number of hydrogen-bond donors (Lipinski definition) is 1. The molecule has 2 aromatic rings. The van der Waals surface area contributed by atoms with Gasteiger partial charge < -0.3 is 33.7 Å². The average molecular weight is 498 g/mol. The van der Waals surface area contributed by atoms with Gasteiger partial charge in [-0.3, -0.25) is 9.59 Å². The van der Waals surface area contributed by atoms with E-state index in [2.05, 4.69) is 6.58 Å². The number of aliphatic hydroxyl groups is 1. The van der Waals surface area contributed by atoms with Gasteiger partial charge in [-0.25, -0.2) is 0 Å². The van der Waals surface area contributed by atoms with Gasteiger partial charge in [-0.1, -0.05) is 12.7 Å². The lowest BCUT2D eigenvalue weighted by molar-refractivity contribution is -0.140. The smallest absolute Gasteiger partial charge is 0.295 e. The first kappa shape index (κ1) is 26.6. The van der Waals surface area contributed by atoms with Crippen LogP contribution in [0.5, 0.6) is 23.0 Å². The fourth-order valence-corrected chi connectivity index (χ4v) is 4.12. The van der Waals surface area contributed by atoms with Crippen molar-refractivity contribution in [3.63, 3.8) is 0 Å². The highest BCUT2D eigenvalue weighted by Gasteiger charge is 2.46. The molecule has 0 radical (unpaired) electrons. The monoisotopic (exact) mass is 497 g/mol. The summed E-state index contributed by atoms with van der Waals surface area (Å²) in [6.45, 7) is 4.59. The number of carbonyl (C=O) groups is 2. The van der Waals surface area contributed by atoms with Crippen LogP contribution in [0.15, 0.2) is 54.6 Å². The van der Waals surface area contributed by atoms with Gasteiger partial charge in [0.05, 0.1) is 32.9 Å². The topological polar surface area (TPSA) is 104 Å². The van der Waals surface area contributed by atoms with Crippen molar-refractivity contribution >= 4 is 17.4 Å². The number of ether oxygens (including phenoxy) is 5. The number of Topliss-reactive ketones (excluding diaryl/α,β-unsaturated/α-hetero) is 1. The first-order valence-electron chi connectivity index (χ1n) is 11.3. The average Bonchev–Trinajstić information content (AvgIpc) is 3.16. The number of aliphatic hydroxyl groups excluding tert-OH is 1. The van der Waals surface area contributed by atoms with E-state index >= 15 is 0 Å². The molecule has 0 bridgehead atoms. The molecular weight excluding hydrogens is 466 g/mol. The van der Waals surface area contributed by atoms with Crippen molar-refractivity contribution in [3.05, 3.63) is 65.8 Å². The van der Waals surface area contributed by atoms with Crippen LogP contribution in [0.1, 0.15) is 23.6 Å². The summed E-state index contributed by atoms with van der Waals surface area (Å²) in [6.07, 6.45) is 2.12. The summed E-state index contributed by atoms with van der Waals surface area (Å²) in [6, 6.07) is 9.04. The van der Waals surface area contributed by atoms with Gasteiger partial charge in [0, 0.05) is 25.8 Å². The molecule has 0 aliphatic carbocycles. The number of benzene rings is 2. The quantitative estimate of drug-likeness (QED) is 0.156. The fourth-order valence-electron chi connectivity index (χ4n) is 4.12. The van der Waals surface area contributed by atoms with Gasteiger partial charge in [0.15, 0.2) is 11.5 Å². The van der Waals surface area contributed by atoms with Crippen LogP contribution in [0.4, 0.5) is 0 Å². The third-order valence-corrected chi connectivity index (χ3v) is 5.79. The molecule has 1 N–H and O–H groups in total. The second kappa shape index (κ2) is 12.1. The third-order valence-electron chi connectivity index (χ3n) is 5.79. The zero-order valence-corrected chi connectivity index (χ0v) is 20.9. The number of methoxy groups -OCH3 is 4. The summed E-state index contributed by atoms with van der Waals surface area (Å²) in [4.78, 5) is 27.8. The van der Waals surface area contributed by atoms with E-state index in [1.807, 2.05) is 0 Å². The Morgan fingerprint density at radius 3 is 2.19 bits per heavy atom. The van der Waals surface area contributed by atoms with Crippen molar-refractivity contribution in [2.24, 2.45) is 0 Å². The Morgan fingerprint density at radius 2 is 1.67 bits per heavy atom. The van der Waals surface area contributed by atoms with E-state index < -0.39 is 17.7 Å². The lowest BCUT2D eigenvalue weighted by atomic mass is 9.94. The Bertz CT molecular complexity index is 1110.